The van der Waals surface area contributed by atoms with Crippen molar-refractivity contribution in [2.24, 2.45) is 17.1 Å². The summed E-state index contributed by atoms with van der Waals surface area (Å²) in [6.07, 6.45) is 2.22. The minimum atomic E-state index is 0.0919. The fourth-order valence-corrected chi connectivity index (χ4v) is 3.41. The van der Waals surface area contributed by atoms with Crippen LogP contribution in [-0.4, -0.2) is 0 Å². The van der Waals surface area contributed by atoms with Gasteiger partial charge in [0.05, 0.1) is 0 Å². The molecule has 0 aromatic heterocycles. The van der Waals surface area contributed by atoms with Gasteiger partial charge in [0.2, 0.25) is 0 Å². The predicted molar refractivity (Wildman–Crippen MR) is 86.6 cm³/mol. The van der Waals surface area contributed by atoms with Crippen LogP contribution in [0.1, 0.15) is 52.1 Å². The molecule has 0 aliphatic heterocycles. The highest BCUT2D eigenvalue weighted by molar-refractivity contribution is 9.11. The molecule has 1 rings (SSSR count). The van der Waals surface area contributed by atoms with Crippen molar-refractivity contribution in [3.05, 3.63) is 32.7 Å². The van der Waals surface area contributed by atoms with Crippen molar-refractivity contribution in [2.75, 3.05) is 0 Å². The average Bonchev–Trinajstić information content (AvgIpc) is 2.18. The summed E-state index contributed by atoms with van der Waals surface area (Å²) in [4.78, 5) is 0. The molecule has 102 valence electrons. The molecule has 2 unspecified atom stereocenters. The third kappa shape index (κ3) is 5.41. The predicted octanol–water partition coefficient (Wildman–Crippen LogP) is 5.67. The second-order valence-corrected chi connectivity index (χ2v) is 8.15. The maximum absolute atomic E-state index is 6.33. The first-order valence-electron chi connectivity index (χ1n) is 6.39. The normalized spacial score (nSPS) is 15.5. The molecule has 0 aliphatic rings. The summed E-state index contributed by atoms with van der Waals surface area (Å²) in [6, 6.07) is 6.28. The molecule has 1 aromatic rings. The molecule has 2 N–H and O–H groups in total. The van der Waals surface area contributed by atoms with E-state index in [4.69, 9.17) is 5.73 Å². The lowest BCUT2D eigenvalue weighted by Gasteiger charge is -2.25. The molecule has 0 saturated carbocycles. The summed E-state index contributed by atoms with van der Waals surface area (Å²) in [6.45, 7) is 9.13. The van der Waals surface area contributed by atoms with E-state index in [1.54, 1.807) is 0 Å². The van der Waals surface area contributed by atoms with Gasteiger partial charge in [-0.15, -0.1) is 0 Å². The topological polar surface area (TPSA) is 26.0 Å². The maximum atomic E-state index is 6.33. The summed E-state index contributed by atoms with van der Waals surface area (Å²) in [5, 5.41) is 0. The van der Waals surface area contributed by atoms with Crippen LogP contribution in [0.15, 0.2) is 27.1 Å². The number of hydrogen-bond donors (Lipinski definition) is 1. The minimum Gasteiger partial charge on any atom is -0.324 e. The van der Waals surface area contributed by atoms with E-state index < -0.39 is 0 Å². The van der Waals surface area contributed by atoms with Crippen molar-refractivity contribution < 1.29 is 0 Å². The van der Waals surface area contributed by atoms with E-state index in [2.05, 4.69) is 65.6 Å². The lowest BCUT2D eigenvalue weighted by molar-refractivity contribution is 0.286. The third-order valence-corrected chi connectivity index (χ3v) is 4.19. The van der Waals surface area contributed by atoms with Crippen LogP contribution in [0, 0.1) is 11.3 Å². The first-order valence-corrected chi connectivity index (χ1v) is 7.98. The van der Waals surface area contributed by atoms with E-state index in [-0.39, 0.29) is 6.04 Å². The lowest BCUT2D eigenvalue weighted by atomic mass is 9.82. The van der Waals surface area contributed by atoms with Gasteiger partial charge in [-0.25, -0.2) is 0 Å². The number of hydrogen-bond acceptors (Lipinski definition) is 1. The van der Waals surface area contributed by atoms with Crippen LogP contribution in [0.4, 0.5) is 0 Å². The van der Waals surface area contributed by atoms with Crippen molar-refractivity contribution >= 4 is 31.9 Å². The average molecular weight is 377 g/mol. The summed E-state index contributed by atoms with van der Waals surface area (Å²) in [5.74, 6) is 0.630. The van der Waals surface area contributed by atoms with Gasteiger partial charge >= 0.3 is 0 Å². The Balaban J connectivity index is 2.70. The molecule has 0 heterocycles. The number of halogens is 2. The molecule has 18 heavy (non-hydrogen) atoms. The van der Waals surface area contributed by atoms with Crippen LogP contribution in [0.3, 0.4) is 0 Å². The van der Waals surface area contributed by atoms with Gasteiger partial charge in [0, 0.05) is 15.0 Å². The van der Waals surface area contributed by atoms with Crippen LogP contribution in [-0.2, 0) is 0 Å². The molecule has 1 aromatic carbocycles. The Labute approximate surface area is 128 Å². The van der Waals surface area contributed by atoms with Crippen LogP contribution in [0.2, 0.25) is 0 Å². The van der Waals surface area contributed by atoms with E-state index in [0.717, 1.165) is 15.4 Å². The Hall–Kier alpha value is 0.140. The molecule has 3 heteroatoms. The smallest absolute Gasteiger partial charge is 0.0309 e. The first-order chi connectivity index (χ1) is 8.19. The van der Waals surface area contributed by atoms with Gasteiger partial charge in [-0.05, 0) is 47.9 Å². The molecular formula is C15H23Br2N. The summed E-state index contributed by atoms with van der Waals surface area (Å²) >= 11 is 7.08. The van der Waals surface area contributed by atoms with E-state index in [0.29, 0.717) is 11.3 Å². The van der Waals surface area contributed by atoms with Crippen molar-refractivity contribution in [3.63, 3.8) is 0 Å². The Kier molecular flexibility index (Phi) is 5.88. The second-order valence-electron chi connectivity index (χ2n) is 6.38. The molecule has 0 spiro atoms. The zero-order valence-corrected chi connectivity index (χ0v) is 14.8. The van der Waals surface area contributed by atoms with Gasteiger partial charge in [-0.1, -0.05) is 59.6 Å². The highest BCUT2D eigenvalue weighted by Gasteiger charge is 2.19. The molecule has 0 aliphatic carbocycles. The molecule has 0 amide bonds. The third-order valence-electron chi connectivity index (χ3n) is 2.97. The van der Waals surface area contributed by atoms with Crippen molar-refractivity contribution in [2.45, 2.75) is 46.6 Å². The Morgan fingerprint density at radius 3 is 2.39 bits per heavy atom. The highest BCUT2D eigenvalue weighted by Crippen LogP contribution is 2.33. The summed E-state index contributed by atoms with van der Waals surface area (Å²) in [5.41, 5.74) is 7.89. The van der Waals surface area contributed by atoms with Crippen molar-refractivity contribution in [1.29, 1.82) is 0 Å². The zero-order valence-electron chi connectivity index (χ0n) is 11.6. The van der Waals surface area contributed by atoms with Gasteiger partial charge in [0.1, 0.15) is 0 Å². The number of rotatable bonds is 4. The van der Waals surface area contributed by atoms with E-state index in [9.17, 15) is 0 Å². The summed E-state index contributed by atoms with van der Waals surface area (Å²) in [7, 11) is 0. The van der Waals surface area contributed by atoms with Gasteiger partial charge in [-0.2, -0.15) is 0 Å². The minimum absolute atomic E-state index is 0.0919. The van der Waals surface area contributed by atoms with Crippen molar-refractivity contribution in [3.8, 4) is 0 Å². The summed E-state index contributed by atoms with van der Waals surface area (Å²) < 4.78 is 2.18. The monoisotopic (exact) mass is 375 g/mol. The quantitative estimate of drug-likeness (QED) is 0.719. The Bertz CT molecular complexity index is 396. The largest absolute Gasteiger partial charge is 0.324 e. The van der Waals surface area contributed by atoms with Crippen LogP contribution < -0.4 is 5.73 Å². The van der Waals surface area contributed by atoms with Gasteiger partial charge in [0.15, 0.2) is 0 Å². The molecule has 0 radical (unpaired) electrons. The zero-order chi connectivity index (χ0) is 13.9. The van der Waals surface area contributed by atoms with Crippen LogP contribution in [0.5, 0.6) is 0 Å². The van der Waals surface area contributed by atoms with Gasteiger partial charge in [-0.3, -0.25) is 0 Å². The highest BCUT2D eigenvalue weighted by atomic mass is 79.9. The molecule has 0 saturated heterocycles. The molecular weight excluding hydrogens is 354 g/mol. The molecule has 1 nitrogen and oxygen atoms in total. The van der Waals surface area contributed by atoms with Gasteiger partial charge in [0.25, 0.3) is 0 Å². The number of nitrogens with two attached hydrogens (primary N) is 1. The fraction of sp³-hybridized carbons (Fsp3) is 0.600. The Morgan fingerprint density at radius 2 is 1.83 bits per heavy atom. The standard InChI is InChI=1S/C15H23Br2N/c1-10(9-15(2,3)4)7-14(18)12-8-11(16)5-6-13(12)17/h5-6,8,10,14H,7,9,18H2,1-4H3. The Morgan fingerprint density at radius 1 is 1.22 bits per heavy atom. The SMILES string of the molecule is CC(CC(N)c1cc(Br)ccc1Br)CC(C)(C)C. The fourth-order valence-electron chi connectivity index (χ4n) is 2.49. The maximum Gasteiger partial charge on any atom is 0.0309 e. The van der Waals surface area contributed by atoms with E-state index >= 15 is 0 Å². The van der Waals surface area contributed by atoms with Crippen LogP contribution in [0.25, 0.3) is 0 Å². The number of benzene rings is 1. The first kappa shape index (κ1) is 16.2. The second kappa shape index (κ2) is 6.53. The van der Waals surface area contributed by atoms with Crippen molar-refractivity contribution in [1.82, 2.24) is 0 Å². The molecule has 0 fully saturated rings. The van der Waals surface area contributed by atoms with Crippen LogP contribution >= 0.6 is 31.9 Å². The lowest BCUT2D eigenvalue weighted by Crippen LogP contribution is -2.18. The van der Waals surface area contributed by atoms with Gasteiger partial charge < -0.3 is 5.73 Å². The molecule has 2 atom stereocenters. The molecule has 0 bridgehead atoms. The van der Waals surface area contributed by atoms with E-state index in [1.807, 2.05) is 12.1 Å². The van der Waals surface area contributed by atoms with E-state index in [1.165, 1.54) is 12.0 Å².